The monoisotopic (exact) mass is 390 g/mol. The second kappa shape index (κ2) is 6.98. The Kier molecular flexibility index (Phi) is 4.47. The number of carbonyl (C=O) groups is 1. The van der Waals surface area contributed by atoms with Crippen molar-refractivity contribution in [1.82, 2.24) is 0 Å². The predicted molar refractivity (Wildman–Crippen MR) is 109 cm³/mol. The first kappa shape index (κ1) is 18.6. The van der Waals surface area contributed by atoms with Gasteiger partial charge >= 0.3 is 5.63 Å². The molecule has 2 N–H and O–H groups in total. The number of phenols is 2. The van der Waals surface area contributed by atoms with Crippen LogP contribution in [0.3, 0.4) is 0 Å². The number of hydrogen-bond donors (Lipinski definition) is 2. The minimum Gasteiger partial charge on any atom is -0.508 e. The molecule has 29 heavy (non-hydrogen) atoms. The Bertz CT molecular complexity index is 1320. The van der Waals surface area contributed by atoms with E-state index >= 15 is 0 Å². The quantitative estimate of drug-likeness (QED) is 0.309. The highest BCUT2D eigenvalue weighted by Gasteiger charge is 2.19. The average Bonchev–Trinajstić information content (AvgIpc) is 2.71. The van der Waals surface area contributed by atoms with Crippen LogP contribution in [-0.4, -0.2) is 23.1 Å². The maximum absolute atomic E-state index is 12.7. The fraction of sp³-hybridized carbons (Fsp3) is 0.130. The minimum atomic E-state index is -0.591. The van der Waals surface area contributed by atoms with Crippen LogP contribution in [0.2, 0.25) is 0 Å². The molecule has 0 fully saturated rings. The molecule has 0 radical (unpaired) electrons. The molecule has 0 saturated heterocycles. The summed E-state index contributed by atoms with van der Waals surface area (Å²) < 4.78 is 10.9. The zero-order valence-electron chi connectivity index (χ0n) is 15.9. The van der Waals surface area contributed by atoms with Crippen molar-refractivity contribution in [2.24, 2.45) is 0 Å². The van der Waals surface area contributed by atoms with Crippen LogP contribution in [0.1, 0.15) is 28.4 Å². The maximum atomic E-state index is 12.7. The van der Waals surface area contributed by atoms with Crippen molar-refractivity contribution in [2.75, 3.05) is 7.11 Å². The van der Waals surface area contributed by atoms with Crippen LogP contribution < -0.4 is 10.4 Å². The van der Waals surface area contributed by atoms with E-state index in [0.717, 1.165) is 5.56 Å². The van der Waals surface area contributed by atoms with Gasteiger partial charge in [-0.1, -0.05) is 24.3 Å². The van der Waals surface area contributed by atoms with Gasteiger partial charge in [0.1, 0.15) is 11.3 Å². The van der Waals surface area contributed by atoms with Gasteiger partial charge in [0.25, 0.3) is 0 Å². The van der Waals surface area contributed by atoms with E-state index in [1.54, 1.807) is 42.5 Å². The molecule has 1 heterocycles. The summed E-state index contributed by atoms with van der Waals surface area (Å²) in [5, 5.41) is 21.7. The van der Waals surface area contributed by atoms with E-state index in [9.17, 15) is 19.8 Å². The molecule has 0 unspecified atom stereocenters. The van der Waals surface area contributed by atoms with E-state index in [2.05, 4.69) is 0 Å². The molecule has 6 heteroatoms. The minimum absolute atomic E-state index is 0.115. The second-order valence-corrected chi connectivity index (χ2v) is 6.83. The van der Waals surface area contributed by atoms with E-state index in [4.69, 9.17) is 9.15 Å². The number of phenolic OH excluding ortho intramolecular Hbond substituents is 2. The Hall–Kier alpha value is -3.80. The highest BCUT2D eigenvalue weighted by atomic mass is 16.5. The fourth-order valence-electron chi connectivity index (χ4n) is 3.45. The van der Waals surface area contributed by atoms with E-state index < -0.39 is 5.63 Å². The van der Waals surface area contributed by atoms with Crippen molar-refractivity contribution in [3.05, 3.63) is 75.6 Å². The van der Waals surface area contributed by atoms with E-state index in [1.807, 2.05) is 0 Å². The molecule has 0 saturated carbocycles. The molecule has 0 aliphatic carbocycles. The van der Waals surface area contributed by atoms with Crippen molar-refractivity contribution in [3.8, 4) is 17.2 Å². The predicted octanol–water partition coefficient (Wildman–Crippen LogP) is 4.16. The first-order valence-electron chi connectivity index (χ1n) is 8.97. The maximum Gasteiger partial charge on any atom is 0.344 e. The van der Waals surface area contributed by atoms with Gasteiger partial charge in [0.2, 0.25) is 0 Å². The van der Waals surface area contributed by atoms with Gasteiger partial charge in [0.05, 0.1) is 12.5 Å². The summed E-state index contributed by atoms with van der Waals surface area (Å²) in [6.07, 6.45) is 0.264. The SMILES string of the molecule is COc1cc2c(oc(=O)c3cc(C(C)=O)ccc32)c(Cc2ccc(O)cc2)c1O. The van der Waals surface area contributed by atoms with Crippen LogP contribution in [-0.2, 0) is 6.42 Å². The Morgan fingerprint density at radius 3 is 2.38 bits per heavy atom. The molecule has 0 atom stereocenters. The molecule has 1 aromatic heterocycles. The first-order chi connectivity index (χ1) is 13.9. The normalized spacial score (nSPS) is 11.1. The summed E-state index contributed by atoms with van der Waals surface area (Å²) >= 11 is 0. The molecule has 4 aromatic rings. The van der Waals surface area contributed by atoms with Crippen molar-refractivity contribution >= 4 is 27.5 Å². The van der Waals surface area contributed by atoms with Crippen LogP contribution in [0, 0.1) is 0 Å². The highest BCUT2D eigenvalue weighted by molar-refractivity contribution is 6.08. The highest BCUT2D eigenvalue weighted by Crippen LogP contribution is 2.40. The number of rotatable bonds is 4. The van der Waals surface area contributed by atoms with Crippen LogP contribution in [0.4, 0.5) is 0 Å². The lowest BCUT2D eigenvalue weighted by Gasteiger charge is -2.14. The van der Waals surface area contributed by atoms with E-state index in [1.165, 1.54) is 20.1 Å². The smallest absolute Gasteiger partial charge is 0.344 e. The Morgan fingerprint density at radius 1 is 1.00 bits per heavy atom. The number of fused-ring (bicyclic) bond motifs is 3. The third kappa shape index (κ3) is 3.18. The molecule has 0 amide bonds. The lowest BCUT2D eigenvalue weighted by Crippen LogP contribution is -2.04. The average molecular weight is 390 g/mol. The number of Topliss-reactive ketones (excluding diaryl/α,β-unsaturated/α-hetero) is 1. The van der Waals surface area contributed by atoms with Gasteiger partial charge < -0.3 is 19.4 Å². The molecule has 6 nitrogen and oxygen atoms in total. The summed E-state index contributed by atoms with van der Waals surface area (Å²) in [7, 11) is 1.44. The first-order valence-corrected chi connectivity index (χ1v) is 8.97. The van der Waals surface area contributed by atoms with Gasteiger partial charge in [0.15, 0.2) is 17.3 Å². The summed E-state index contributed by atoms with van der Waals surface area (Å²) in [6, 6.07) is 13.0. The van der Waals surface area contributed by atoms with Crippen LogP contribution in [0.25, 0.3) is 21.7 Å². The topological polar surface area (TPSA) is 97.0 Å². The Labute approximate surface area is 165 Å². The number of benzene rings is 3. The van der Waals surface area contributed by atoms with Gasteiger partial charge in [0, 0.05) is 28.3 Å². The zero-order chi connectivity index (χ0) is 20.7. The van der Waals surface area contributed by atoms with Crippen molar-refractivity contribution in [1.29, 1.82) is 0 Å². The molecule has 0 bridgehead atoms. The van der Waals surface area contributed by atoms with Crippen molar-refractivity contribution in [3.63, 3.8) is 0 Å². The summed E-state index contributed by atoms with van der Waals surface area (Å²) in [5.41, 5.74) is 1.29. The molecule has 0 spiro atoms. The number of hydrogen-bond acceptors (Lipinski definition) is 6. The molecule has 4 rings (SSSR count). The Morgan fingerprint density at radius 2 is 1.72 bits per heavy atom. The third-order valence-electron chi connectivity index (χ3n) is 4.98. The fourth-order valence-corrected chi connectivity index (χ4v) is 3.45. The molecular weight excluding hydrogens is 372 g/mol. The largest absolute Gasteiger partial charge is 0.508 e. The lowest BCUT2D eigenvalue weighted by molar-refractivity contribution is 0.101. The summed E-state index contributed by atoms with van der Waals surface area (Å²) in [4.78, 5) is 24.3. The van der Waals surface area contributed by atoms with E-state index in [-0.39, 0.29) is 40.4 Å². The van der Waals surface area contributed by atoms with Gasteiger partial charge in [-0.05, 0) is 36.8 Å². The lowest BCUT2D eigenvalue weighted by atomic mass is 9.97. The number of aromatic hydroxyl groups is 2. The van der Waals surface area contributed by atoms with Crippen LogP contribution in [0.5, 0.6) is 17.2 Å². The molecular formula is C23H18O6. The summed E-state index contributed by atoms with van der Waals surface area (Å²) in [6.45, 7) is 1.43. The molecule has 0 aliphatic heterocycles. The molecule has 3 aromatic carbocycles. The second-order valence-electron chi connectivity index (χ2n) is 6.83. The number of ether oxygens (including phenoxy) is 1. The van der Waals surface area contributed by atoms with Gasteiger partial charge in [-0.2, -0.15) is 0 Å². The zero-order valence-corrected chi connectivity index (χ0v) is 15.9. The third-order valence-corrected chi connectivity index (χ3v) is 4.98. The Balaban J connectivity index is 2.04. The van der Waals surface area contributed by atoms with Crippen LogP contribution >= 0.6 is 0 Å². The number of carbonyl (C=O) groups excluding carboxylic acids is 1. The standard InChI is InChI=1S/C23H18O6/c1-12(24)14-5-8-16-17-11-20(28-2)21(26)19(9-13-3-6-15(25)7-4-13)22(17)29-23(27)18(16)10-14/h3-8,10-11,25-26H,9H2,1-2H3. The summed E-state index contributed by atoms with van der Waals surface area (Å²) in [5.74, 6) is 0.114. The van der Waals surface area contributed by atoms with Gasteiger partial charge in [-0.25, -0.2) is 4.79 Å². The van der Waals surface area contributed by atoms with E-state index in [0.29, 0.717) is 21.9 Å². The number of ketones is 1. The molecule has 0 aliphatic rings. The molecule has 146 valence electrons. The van der Waals surface area contributed by atoms with Gasteiger partial charge in [-0.3, -0.25) is 4.79 Å². The van der Waals surface area contributed by atoms with Crippen LogP contribution in [0.15, 0.2) is 57.7 Å². The van der Waals surface area contributed by atoms with Gasteiger partial charge in [-0.15, -0.1) is 0 Å². The van der Waals surface area contributed by atoms with Crippen molar-refractivity contribution in [2.45, 2.75) is 13.3 Å². The van der Waals surface area contributed by atoms with Crippen molar-refractivity contribution < 1.29 is 24.2 Å². The number of methoxy groups -OCH3 is 1.